The minimum absolute atomic E-state index is 0.0669. The topological polar surface area (TPSA) is 80.2 Å². The van der Waals surface area contributed by atoms with Crippen LogP contribution >= 0.6 is 0 Å². The van der Waals surface area contributed by atoms with Crippen LogP contribution in [0.4, 0.5) is 5.69 Å². The van der Waals surface area contributed by atoms with Gasteiger partial charge in [0.1, 0.15) is 0 Å². The lowest BCUT2D eigenvalue weighted by molar-refractivity contribution is -0.920. The van der Waals surface area contributed by atoms with Crippen LogP contribution in [-0.4, -0.2) is 64.1 Å². The Morgan fingerprint density at radius 1 is 1.30 bits per heavy atom. The van der Waals surface area contributed by atoms with Gasteiger partial charge in [0.05, 0.1) is 30.7 Å². The molecule has 0 aliphatic carbocycles. The molecule has 0 saturated carbocycles. The smallest absolute Gasteiger partial charge is 0.279 e. The van der Waals surface area contributed by atoms with Crippen molar-refractivity contribution in [3.05, 3.63) is 23.8 Å². The molecule has 150 valence electrons. The second-order valence-electron chi connectivity index (χ2n) is 7.52. The number of likely N-dealkylation sites (tertiary alicyclic amines) is 1. The van der Waals surface area contributed by atoms with E-state index in [4.69, 9.17) is 4.74 Å². The molecule has 1 aromatic carbocycles. The Labute approximate surface area is 161 Å². The van der Waals surface area contributed by atoms with Gasteiger partial charge in [0.15, 0.2) is 6.54 Å². The maximum Gasteiger partial charge on any atom is 0.279 e. The van der Waals surface area contributed by atoms with Crippen LogP contribution in [-0.2, 0) is 19.6 Å². The predicted molar refractivity (Wildman–Crippen MR) is 103 cm³/mol. The molecule has 2 fully saturated rings. The summed E-state index contributed by atoms with van der Waals surface area (Å²) in [7, 11) is -3.58. The van der Waals surface area contributed by atoms with Crippen molar-refractivity contribution in [2.45, 2.75) is 44.0 Å². The highest BCUT2D eigenvalue weighted by atomic mass is 32.2. The van der Waals surface area contributed by atoms with Crippen molar-refractivity contribution >= 4 is 21.6 Å². The number of aryl methyl sites for hydroxylation is 1. The van der Waals surface area contributed by atoms with Gasteiger partial charge in [-0.05, 0) is 50.8 Å². The minimum atomic E-state index is -3.58. The zero-order chi connectivity index (χ0) is 19.4. The molecule has 2 heterocycles. The maximum atomic E-state index is 12.8. The number of rotatable bonds is 5. The average molecular weight is 397 g/mol. The fourth-order valence-electron chi connectivity index (χ4n) is 3.75. The van der Waals surface area contributed by atoms with Gasteiger partial charge in [0.2, 0.25) is 10.0 Å². The largest absolute Gasteiger partial charge is 0.379 e. The highest BCUT2D eigenvalue weighted by molar-refractivity contribution is 7.89. The Morgan fingerprint density at radius 3 is 2.74 bits per heavy atom. The van der Waals surface area contributed by atoms with Crippen LogP contribution in [0.1, 0.15) is 31.7 Å². The zero-order valence-corrected chi connectivity index (χ0v) is 17.0. The second kappa shape index (κ2) is 8.68. The molecule has 0 bridgehead atoms. The molecule has 0 spiro atoms. The third kappa shape index (κ3) is 4.87. The lowest BCUT2D eigenvalue weighted by Crippen LogP contribution is -3.17. The first-order chi connectivity index (χ1) is 12.9. The van der Waals surface area contributed by atoms with Crippen LogP contribution in [0.5, 0.6) is 0 Å². The van der Waals surface area contributed by atoms with Crippen LogP contribution in [0.15, 0.2) is 23.1 Å². The van der Waals surface area contributed by atoms with E-state index >= 15 is 0 Å². The highest BCUT2D eigenvalue weighted by Crippen LogP contribution is 2.23. The molecule has 1 amide bonds. The van der Waals surface area contributed by atoms with Crippen molar-refractivity contribution in [1.82, 2.24) is 4.31 Å². The Balaban J connectivity index is 1.72. The number of carbonyl (C=O) groups excluding carboxylic acids is 1. The molecular formula is C19H30N3O4S+. The van der Waals surface area contributed by atoms with Crippen LogP contribution < -0.4 is 10.2 Å². The molecule has 2 atom stereocenters. The summed E-state index contributed by atoms with van der Waals surface area (Å²) >= 11 is 0. The molecule has 27 heavy (non-hydrogen) atoms. The molecule has 2 saturated heterocycles. The zero-order valence-electron chi connectivity index (χ0n) is 16.2. The third-order valence-corrected chi connectivity index (χ3v) is 7.46. The van der Waals surface area contributed by atoms with Gasteiger partial charge in [0.25, 0.3) is 5.91 Å². The van der Waals surface area contributed by atoms with E-state index in [0.717, 1.165) is 24.9 Å². The number of anilines is 1. The van der Waals surface area contributed by atoms with Gasteiger partial charge in [-0.2, -0.15) is 4.31 Å². The van der Waals surface area contributed by atoms with E-state index in [2.05, 4.69) is 12.2 Å². The van der Waals surface area contributed by atoms with Crippen molar-refractivity contribution in [2.75, 3.05) is 44.7 Å². The van der Waals surface area contributed by atoms with Crippen molar-refractivity contribution in [3.8, 4) is 0 Å². The second-order valence-corrected chi connectivity index (χ2v) is 9.46. The number of nitrogens with zero attached hydrogens (tertiary/aromatic N) is 1. The summed E-state index contributed by atoms with van der Waals surface area (Å²) in [6, 6.07) is 5.42. The molecule has 2 aliphatic heterocycles. The average Bonchev–Trinajstić information content (AvgIpc) is 2.66. The lowest BCUT2D eigenvalue weighted by atomic mass is 10.0. The van der Waals surface area contributed by atoms with E-state index in [-0.39, 0.29) is 10.8 Å². The standard InChI is InChI=1S/C19H29N3O4S/c1-15-6-7-17(27(24,25)22-9-11-26-12-10-22)13-18(15)20-19(23)14-21-8-4-3-5-16(21)2/h6-7,13,16H,3-5,8-12,14H2,1-2H3,(H,20,23)/p+1/t16-/m1/s1. The van der Waals surface area contributed by atoms with E-state index in [0.29, 0.717) is 44.6 Å². The van der Waals surface area contributed by atoms with E-state index in [9.17, 15) is 13.2 Å². The number of benzene rings is 1. The molecule has 0 aromatic heterocycles. The molecule has 1 aromatic rings. The fourth-order valence-corrected chi connectivity index (χ4v) is 5.18. The van der Waals surface area contributed by atoms with Gasteiger partial charge < -0.3 is 15.0 Å². The first-order valence-electron chi connectivity index (χ1n) is 9.71. The van der Waals surface area contributed by atoms with Gasteiger partial charge in [-0.1, -0.05) is 6.07 Å². The summed E-state index contributed by atoms with van der Waals surface area (Å²) in [6.07, 6.45) is 3.53. The molecule has 8 heteroatoms. The molecule has 7 nitrogen and oxygen atoms in total. The van der Waals surface area contributed by atoms with Crippen LogP contribution in [0.2, 0.25) is 0 Å². The van der Waals surface area contributed by atoms with Crippen molar-refractivity contribution in [3.63, 3.8) is 0 Å². The number of sulfonamides is 1. The number of amides is 1. The highest BCUT2D eigenvalue weighted by Gasteiger charge is 2.28. The molecule has 2 aliphatic rings. The number of morpholine rings is 1. The van der Waals surface area contributed by atoms with Crippen LogP contribution in [0.3, 0.4) is 0 Å². The number of ether oxygens (including phenoxy) is 1. The molecule has 3 rings (SSSR count). The molecule has 2 N–H and O–H groups in total. The van der Waals surface area contributed by atoms with Crippen molar-refractivity contribution in [2.24, 2.45) is 0 Å². The van der Waals surface area contributed by atoms with Gasteiger partial charge in [-0.15, -0.1) is 0 Å². The number of piperidine rings is 1. The number of quaternary nitrogens is 1. The normalized spacial score (nSPS) is 24.5. The SMILES string of the molecule is Cc1ccc(S(=O)(=O)N2CCOCC2)cc1NC(=O)C[NH+]1CCCC[C@H]1C. The van der Waals surface area contributed by atoms with Gasteiger partial charge in [-0.3, -0.25) is 4.79 Å². The summed E-state index contributed by atoms with van der Waals surface area (Å²) in [5, 5.41) is 2.93. The monoisotopic (exact) mass is 396 g/mol. The number of carbonyl (C=O) groups is 1. The van der Waals surface area contributed by atoms with Gasteiger partial charge >= 0.3 is 0 Å². The van der Waals surface area contributed by atoms with Gasteiger partial charge in [0, 0.05) is 18.8 Å². The quantitative estimate of drug-likeness (QED) is 0.756. The number of nitrogens with one attached hydrogen (secondary N) is 2. The van der Waals surface area contributed by atoms with Crippen molar-refractivity contribution < 1.29 is 22.8 Å². The van der Waals surface area contributed by atoms with Crippen LogP contribution in [0.25, 0.3) is 0 Å². The van der Waals surface area contributed by atoms with E-state index in [1.165, 1.54) is 15.6 Å². The number of hydrogen-bond donors (Lipinski definition) is 2. The maximum absolute atomic E-state index is 12.8. The summed E-state index contributed by atoms with van der Waals surface area (Å²) in [6.45, 7) is 7.01. The minimum Gasteiger partial charge on any atom is -0.379 e. The summed E-state index contributed by atoms with van der Waals surface area (Å²) in [5.74, 6) is -0.0669. The summed E-state index contributed by atoms with van der Waals surface area (Å²) < 4.78 is 32.4. The van der Waals surface area contributed by atoms with Crippen LogP contribution in [0, 0.1) is 6.92 Å². The molecule has 1 unspecified atom stereocenters. The van der Waals surface area contributed by atoms with E-state index in [1.807, 2.05) is 6.92 Å². The fraction of sp³-hybridized carbons (Fsp3) is 0.632. The lowest BCUT2D eigenvalue weighted by Gasteiger charge is -2.29. The Bertz CT molecular complexity index is 775. The number of hydrogen-bond acceptors (Lipinski definition) is 4. The van der Waals surface area contributed by atoms with Crippen molar-refractivity contribution in [1.29, 1.82) is 0 Å². The third-order valence-electron chi connectivity index (χ3n) is 5.56. The predicted octanol–water partition coefficient (Wildman–Crippen LogP) is 0.412. The molecule has 0 radical (unpaired) electrons. The van der Waals surface area contributed by atoms with Gasteiger partial charge in [-0.25, -0.2) is 8.42 Å². The van der Waals surface area contributed by atoms with E-state index < -0.39 is 10.0 Å². The first kappa shape index (κ1) is 20.3. The van der Waals surface area contributed by atoms with E-state index in [1.54, 1.807) is 18.2 Å². The Kier molecular flexibility index (Phi) is 6.52. The summed E-state index contributed by atoms with van der Waals surface area (Å²) in [5.41, 5.74) is 1.42. The summed E-state index contributed by atoms with van der Waals surface area (Å²) in [4.78, 5) is 14.0. The Morgan fingerprint density at radius 2 is 2.04 bits per heavy atom. The Hall–Kier alpha value is -1.48. The molecular weight excluding hydrogens is 366 g/mol. The first-order valence-corrected chi connectivity index (χ1v) is 11.1.